The Morgan fingerprint density at radius 3 is 2.12 bits per heavy atom. The van der Waals surface area contributed by atoms with Gasteiger partial charge >= 0.3 is 7.12 Å². The Labute approximate surface area is 248 Å². The summed E-state index contributed by atoms with van der Waals surface area (Å²) in [6, 6.07) is 14.9. The second kappa shape index (κ2) is 14.8. The first-order valence-electron chi connectivity index (χ1n) is 14.4. The highest BCUT2D eigenvalue weighted by Gasteiger charge is 2.39. The molecule has 3 atom stereocenters. The number of nitrogens with one attached hydrogen (secondary N) is 3. The molecule has 0 heterocycles. The molecule has 0 unspecified atom stereocenters. The largest absolute Gasteiger partial charge is 0.475 e. The summed E-state index contributed by atoms with van der Waals surface area (Å²) >= 11 is 6.19. The quantitative estimate of drug-likeness (QED) is 0.218. The standard InChI is InChI=1S/C31H43BClN3O5/c1-20(2)16-25(29(38)36-27(32(40)41)23-13-9-14-23)34-28(37)26(18-22-12-8-15-24(33)17-22)35-30(39)31(3,4)19-21-10-6-5-7-11-21/h5-8,10-12,15,17,20,23,25-27,40-41H,9,13-14,16,18-19H2,1-4H3,(H,34,37)(H,35,39)(H,36,38)/t25-,26-,27-/m0/s1. The number of amides is 3. The molecule has 0 bridgehead atoms. The fourth-order valence-corrected chi connectivity index (χ4v) is 5.34. The first-order chi connectivity index (χ1) is 19.4. The lowest BCUT2D eigenvalue weighted by atomic mass is 9.64. The van der Waals surface area contributed by atoms with Crippen molar-refractivity contribution in [2.45, 2.75) is 84.2 Å². The summed E-state index contributed by atoms with van der Waals surface area (Å²) in [5, 5.41) is 28.8. The molecule has 1 aliphatic carbocycles. The van der Waals surface area contributed by atoms with E-state index in [9.17, 15) is 24.4 Å². The van der Waals surface area contributed by atoms with Crippen LogP contribution >= 0.6 is 11.6 Å². The van der Waals surface area contributed by atoms with Crippen LogP contribution < -0.4 is 16.0 Å². The third kappa shape index (κ3) is 9.87. The molecule has 0 aliphatic heterocycles. The SMILES string of the molecule is CC(C)C[C@H](NC(=O)[C@H](Cc1cccc(Cl)c1)NC(=O)C(C)(C)Cc1ccccc1)C(=O)N[C@H](B(O)O)C1CCC1. The van der Waals surface area contributed by atoms with Crippen LogP contribution in [0, 0.1) is 17.3 Å². The number of benzene rings is 2. The van der Waals surface area contributed by atoms with Gasteiger partial charge in [-0.15, -0.1) is 0 Å². The molecule has 0 saturated heterocycles. The molecular formula is C31H43BClN3O5. The van der Waals surface area contributed by atoms with E-state index in [1.165, 1.54) is 0 Å². The second-order valence-corrected chi connectivity index (χ2v) is 12.7. The Hall–Kier alpha value is -2.88. The molecule has 0 radical (unpaired) electrons. The molecule has 1 fully saturated rings. The molecule has 0 aromatic heterocycles. The van der Waals surface area contributed by atoms with Gasteiger partial charge in [-0.25, -0.2) is 0 Å². The molecule has 0 spiro atoms. The van der Waals surface area contributed by atoms with Crippen LogP contribution in [0.1, 0.15) is 64.5 Å². The number of carbonyl (C=O) groups excluding carboxylic acids is 3. The van der Waals surface area contributed by atoms with Crippen molar-refractivity contribution in [3.63, 3.8) is 0 Å². The minimum absolute atomic E-state index is 0.0175. The Morgan fingerprint density at radius 1 is 0.927 bits per heavy atom. The predicted molar refractivity (Wildman–Crippen MR) is 162 cm³/mol. The minimum Gasteiger partial charge on any atom is -0.426 e. The molecule has 222 valence electrons. The predicted octanol–water partition coefficient (Wildman–Crippen LogP) is 3.46. The van der Waals surface area contributed by atoms with E-state index in [0.29, 0.717) is 17.9 Å². The smallest absolute Gasteiger partial charge is 0.426 e. The summed E-state index contributed by atoms with van der Waals surface area (Å²) in [5.41, 5.74) is 0.956. The van der Waals surface area contributed by atoms with Gasteiger partial charge in [0.2, 0.25) is 17.7 Å². The van der Waals surface area contributed by atoms with Crippen LogP contribution in [0.2, 0.25) is 5.02 Å². The zero-order chi connectivity index (χ0) is 30.2. The van der Waals surface area contributed by atoms with Crippen molar-refractivity contribution >= 4 is 36.4 Å². The van der Waals surface area contributed by atoms with Crippen molar-refractivity contribution in [1.29, 1.82) is 0 Å². The van der Waals surface area contributed by atoms with Gasteiger partial charge in [0.1, 0.15) is 12.1 Å². The minimum atomic E-state index is -1.69. The van der Waals surface area contributed by atoms with Crippen LogP contribution in [-0.2, 0) is 27.2 Å². The highest BCUT2D eigenvalue weighted by Crippen LogP contribution is 2.30. The van der Waals surface area contributed by atoms with Gasteiger partial charge in [0.05, 0.1) is 5.94 Å². The van der Waals surface area contributed by atoms with Crippen LogP contribution in [0.25, 0.3) is 0 Å². The average Bonchev–Trinajstić information content (AvgIpc) is 2.86. The zero-order valence-electron chi connectivity index (χ0n) is 24.4. The summed E-state index contributed by atoms with van der Waals surface area (Å²) in [7, 11) is -1.69. The first-order valence-corrected chi connectivity index (χ1v) is 14.8. The average molecular weight is 584 g/mol. The highest BCUT2D eigenvalue weighted by atomic mass is 35.5. The summed E-state index contributed by atoms with van der Waals surface area (Å²) in [5.74, 6) is -2.02. The molecule has 5 N–H and O–H groups in total. The van der Waals surface area contributed by atoms with Crippen LogP contribution in [0.5, 0.6) is 0 Å². The lowest BCUT2D eigenvalue weighted by molar-refractivity contribution is -0.135. The fraction of sp³-hybridized carbons (Fsp3) is 0.516. The third-order valence-corrected chi connectivity index (χ3v) is 7.92. The first kappa shape index (κ1) is 32.6. The number of hydrogen-bond donors (Lipinski definition) is 5. The lowest BCUT2D eigenvalue weighted by Crippen LogP contribution is -2.60. The lowest BCUT2D eigenvalue weighted by Gasteiger charge is -2.35. The van der Waals surface area contributed by atoms with Crippen LogP contribution in [0.3, 0.4) is 0 Å². The summed E-state index contributed by atoms with van der Waals surface area (Å²) < 4.78 is 0. The van der Waals surface area contributed by atoms with Crippen LogP contribution in [-0.4, -0.2) is 52.9 Å². The van der Waals surface area contributed by atoms with Crippen molar-refractivity contribution in [2.24, 2.45) is 17.3 Å². The molecule has 41 heavy (non-hydrogen) atoms. The summed E-state index contributed by atoms with van der Waals surface area (Å²) in [4.78, 5) is 40.6. The maximum atomic E-state index is 13.7. The molecule has 1 aliphatic rings. The van der Waals surface area contributed by atoms with E-state index >= 15 is 0 Å². The number of rotatable bonds is 14. The van der Waals surface area contributed by atoms with Crippen LogP contribution in [0.15, 0.2) is 54.6 Å². The summed E-state index contributed by atoms with van der Waals surface area (Å²) in [6.07, 6.45) is 3.58. The number of hydrogen-bond acceptors (Lipinski definition) is 5. The van der Waals surface area contributed by atoms with E-state index in [4.69, 9.17) is 11.6 Å². The molecule has 8 nitrogen and oxygen atoms in total. The Bertz CT molecular complexity index is 1170. The molecule has 3 amide bonds. The molecule has 3 rings (SSSR count). The topological polar surface area (TPSA) is 128 Å². The monoisotopic (exact) mass is 583 g/mol. The molecule has 2 aromatic carbocycles. The van der Waals surface area contributed by atoms with Crippen molar-refractivity contribution in [3.8, 4) is 0 Å². The zero-order valence-corrected chi connectivity index (χ0v) is 25.2. The fourth-order valence-electron chi connectivity index (χ4n) is 5.12. The van der Waals surface area contributed by atoms with E-state index in [0.717, 1.165) is 30.4 Å². The van der Waals surface area contributed by atoms with E-state index < -0.39 is 42.4 Å². The van der Waals surface area contributed by atoms with E-state index in [1.54, 1.807) is 18.2 Å². The molecule has 10 heteroatoms. The summed E-state index contributed by atoms with van der Waals surface area (Å²) in [6.45, 7) is 7.54. The van der Waals surface area contributed by atoms with Gasteiger partial charge in [0.25, 0.3) is 0 Å². The highest BCUT2D eigenvalue weighted by molar-refractivity contribution is 6.43. The van der Waals surface area contributed by atoms with Crippen molar-refractivity contribution < 1.29 is 24.4 Å². The van der Waals surface area contributed by atoms with Gasteiger partial charge < -0.3 is 26.0 Å². The molecule has 2 aromatic rings. The Balaban J connectivity index is 1.80. The van der Waals surface area contributed by atoms with E-state index in [2.05, 4.69) is 16.0 Å². The van der Waals surface area contributed by atoms with Gasteiger partial charge in [-0.05, 0) is 60.8 Å². The molecular weight excluding hydrogens is 541 g/mol. The number of halogens is 1. The Morgan fingerprint density at radius 2 is 1.56 bits per heavy atom. The van der Waals surface area contributed by atoms with Crippen LogP contribution in [0.4, 0.5) is 0 Å². The second-order valence-electron chi connectivity index (χ2n) is 12.2. The van der Waals surface area contributed by atoms with Gasteiger partial charge in [0.15, 0.2) is 0 Å². The third-order valence-electron chi connectivity index (χ3n) is 7.68. The van der Waals surface area contributed by atoms with Gasteiger partial charge in [0, 0.05) is 16.9 Å². The van der Waals surface area contributed by atoms with E-state index in [-0.39, 0.29) is 24.2 Å². The van der Waals surface area contributed by atoms with Crippen molar-refractivity contribution in [2.75, 3.05) is 0 Å². The maximum absolute atomic E-state index is 13.7. The van der Waals surface area contributed by atoms with E-state index in [1.807, 2.05) is 64.1 Å². The van der Waals surface area contributed by atoms with Gasteiger partial charge in [-0.2, -0.15) is 0 Å². The van der Waals surface area contributed by atoms with Gasteiger partial charge in [-0.1, -0.05) is 88.2 Å². The maximum Gasteiger partial charge on any atom is 0.475 e. The van der Waals surface area contributed by atoms with Crippen molar-refractivity contribution in [1.82, 2.24) is 16.0 Å². The van der Waals surface area contributed by atoms with Gasteiger partial charge in [-0.3, -0.25) is 14.4 Å². The normalized spacial score (nSPS) is 15.8. The number of carbonyl (C=O) groups is 3. The van der Waals surface area contributed by atoms with Crippen molar-refractivity contribution in [3.05, 3.63) is 70.7 Å². The molecule has 1 saturated carbocycles. The Kier molecular flexibility index (Phi) is 11.8.